The van der Waals surface area contributed by atoms with Crippen LogP contribution in [0, 0.1) is 27.7 Å². The van der Waals surface area contributed by atoms with Gasteiger partial charge in [-0.1, -0.05) is 0 Å². The van der Waals surface area contributed by atoms with Gasteiger partial charge in [0.25, 0.3) is 0 Å². The van der Waals surface area contributed by atoms with Crippen LogP contribution in [0.4, 0.5) is 5.13 Å². The molecule has 0 atom stereocenters. The lowest BCUT2D eigenvalue weighted by atomic mass is 10.2. The van der Waals surface area contributed by atoms with E-state index in [1.54, 1.807) is 0 Å². The van der Waals surface area contributed by atoms with Crippen molar-refractivity contribution >= 4 is 22.4 Å². The molecule has 4 nitrogen and oxygen atoms in total. The maximum absolute atomic E-state index is 12.0. The van der Waals surface area contributed by atoms with Crippen LogP contribution in [0.2, 0.25) is 0 Å². The van der Waals surface area contributed by atoms with Gasteiger partial charge in [0.2, 0.25) is 5.91 Å². The van der Waals surface area contributed by atoms with E-state index in [4.69, 9.17) is 0 Å². The minimum atomic E-state index is -0.0116. The Hall–Kier alpha value is -1.62. The zero-order chi connectivity index (χ0) is 14.2. The number of hydrogen-bond donors (Lipinski definition) is 1. The summed E-state index contributed by atoms with van der Waals surface area (Å²) in [6.07, 6.45) is 0.394. The van der Waals surface area contributed by atoms with Gasteiger partial charge >= 0.3 is 0 Å². The summed E-state index contributed by atoms with van der Waals surface area (Å²) in [5, 5.41) is 3.55. The fraction of sp³-hybridized carbons (Fsp3) is 0.429. The number of hydrogen-bond acceptors (Lipinski definition) is 3. The average molecular weight is 277 g/mol. The van der Waals surface area contributed by atoms with Crippen LogP contribution >= 0.6 is 11.3 Å². The Balaban J connectivity index is 2.07. The SMILES string of the molecule is Cc1nc(NC(=O)Cc2cc(C)n(C)c2C)sc1C. The number of nitrogens with one attached hydrogen (secondary N) is 1. The maximum atomic E-state index is 12.0. The van der Waals surface area contributed by atoms with E-state index in [2.05, 4.69) is 20.9 Å². The van der Waals surface area contributed by atoms with Crippen molar-refractivity contribution < 1.29 is 4.79 Å². The number of aryl methyl sites for hydroxylation is 3. The summed E-state index contributed by atoms with van der Waals surface area (Å²) in [4.78, 5) is 17.5. The second kappa shape index (κ2) is 5.17. The van der Waals surface area contributed by atoms with E-state index in [0.717, 1.165) is 21.8 Å². The van der Waals surface area contributed by atoms with E-state index in [-0.39, 0.29) is 5.91 Å². The Morgan fingerprint density at radius 3 is 2.53 bits per heavy atom. The van der Waals surface area contributed by atoms with Crippen molar-refractivity contribution in [2.24, 2.45) is 7.05 Å². The van der Waals surface area contributed by atoms with E-state index in [9.17, 15) is 4.79 Å². The predicted octanol–water partition coefficient (Wildman–Crippen LogP) is 2.90. The number of carbonyl (C=O) groups excluding carboxylic acids is 1. The monoisotopic (exact) mass is 277 g/mol. The van der Waals surface area contributed by atoms with Gasteiger partial charge in [0.05, 0.1) is 12.1 Å². The minimum absolute atomic E-state index is 0.0116. The van der Waals surface area contributed by atoms with Crippen LogP contribution in [0.1, 0.15) is 27.5 Å². The number of anilines is 1. The van der Waals surface area contributed by atoms with Crippen molar-refractivity contribution in [3.63, 3.8) is 0 Å². The molecule has 0 radical (unpaired) electrons. The van der Waals surface area contributed by atoms with Crippen molar-refractivity contribution in [2.75, 3.05) is 5.32 Å². The first-order valence-electron chi connectivity index (χ1n) is 6.24. The molecule has 0 aliphatic heterocycles. The molecule has 1 N–H and O–H groups in total. The molecular formula is C14H19N3OS. The topological polar surface area (TPSA) is 46.9 Å². The predicted molar refractivity (Wildman–Crippen MR) is 78.8 cm³/mol. The van der Waals surface area contributed by atoms with E-state index in [1.165, 1.54) is 17.0 Å². The molecule has 0 spiro atoms. The minimum Gasteiger partial charge on any atom is -0.352 e. The van der Waals surface area contributed by atoms with Crippen LogP contribution < -0.4 is 5.32 Å². The fourth-order valence-corrected chi connectivity index (χ4v) is 2.81. The Morgan fingerprint density at radius 2 is 2.05 bits per heavy atom. The number of aromatic nitrogens is 2. The summed E-state index contributed by atoms with van der Waals surface area (Å²) in [6, 6.07) is 2.06. The van der Waals surface area contributed by atoms with Gasteiger partial charge in [-0.05, 0) is 39.3 Å². The molecule has 2 aromatic rings. The lowest BCUT2D eigenvalue weighted by molar-refractivity contribution is -0.115. The van der Waals surface area contributed by atoms with E-state index in [0.29, 0.717) is 11.6 Å². The lowest BCUT2D eigenvalue weighted by Crippen LogP contribution is -2.14. The Labute approximate surface area is 117 Å². The molecule has 0 aliphatic carbocycles. The van der Waals surface area contributed by atoms with Gasteiger partial charge in [-0.15, -0.1) is 11.3 Å². The number of nitrogens with zero attached hydrogens (tertiary/aromatic N) is 2. The van der Waals surface area contributed by atoms with E-state index in [1.807, 2.05) is 34.7 Å². The molecule has 0 bridgehead atoms. The van der Waals surface area contributed by atoms with Gasteiger partial charge in [0, 0.05) is 23.3 Å². The van der Waals surface area contributed by atoms with Crippen LogP contribution in [0.25, 0.3) is 0 Å². The molecule has 102 valence electrons. The third-order valence-corrected chi connectivity index (χ3v) is 4.49. The molecule has 2 aromatic heterocycles. The van der Waals surface area contributed by atoms with Gasteiger partial charge in [-0.2, -0.15) is 0 Å². The molecule has 0 aliphatic rings. The molecule has 0 saturated carbocycles. The van der Waals surface area contributed by atoms with Crippen LogP contribution in [0.15, 0.2) is 6.07 Å². The van der Waals surface area contributed by atoms with Gasteiger partial charge in [0.1, 0.15) is 0 Å². The first-order chi connectivity index (χ1) is 8.88. The number of amides is 1. The molecule has 5 heteroatoms. The van der Waals surface area contributed by atoms with Crippen LogP contribution in [0.3, 0.4) is 0 Å². The van der Waals surface area contributed by atoms with E-state index >= 15 is 0 Å². The first kappa shape index (κ1) is 13.8. The second-order valence-electron chi connectivity index (χ2n) is 4.84. The summed E-state index contributed by atoms with van der Waals surface area (Å²) >= 11 is 1.52. The van der Waals surface area contributed by atoms with Crippen LogP contribution in [-0.2, 0) is 18.3 Å². The largest absolute Gasteiger partial charge is 0.352 e. The molecule has 0 saturated heterocycles. The molecule has 0 unspecified atom stereocenters. The molecule has 19 heavy (non-hydrogen) atoms. The normalized spacial score (nSPS) is 10.8. The van der Waals surface area contributed by atoms with Crippen molar-refractivity contribution in [1.29, 1.82) is 0 Å². The highest BCUT2D eigenvalue weighted by Gasteiger charge is 2.12. The molecule has 0 fully saturated rings. The number of thiazole rings is 1. The highest BCUT2D eigenvalue weighted by Crippen LogP contribution is 2.21. The first-order valence-corrected chi connectivity index (χ1v) is 7.05. The lowest BCUT2D eigenvalue weighted by Gasteiger charge is -2.03. The average Bonchev–Trinajstić information content (AvgIpc) is 2.75. The van der Waals surface area contributed by atoms with Crippen LogP contribution in [0.5, 0.6) is 0 Å². The summed E-state index contributed by atoms with van der Waals surface area (Å²) in [5.74, 6) is -0.0116. The van der Waals surface area contributed by atoms with Crippen molar-refractivity contribution in [3.8, 4) is 0 Å². The quantitative estimate of drug-likeness (QED) is 0.937. The molecule has 2 rings (SSSR count). The van der Waals surface area contributed by atoms with Crippen LogP contribution in [-0.4, -0.2) is 15.5 Å². The summed E-state index contributed by atoms with van der Waals surface area (Å²) in [7, 11) is 2.01. The molecule has 1 amide bonds. The Morgan fingerprint density at radius 1 is 1.37 bits per heavy atom. The molecule has 0 aromatic carbocycles. The van der Waals surface area contributed by atoms with Gasteiger partial charge in [-0.3, -0.25) is 4.79 Å². The van der Waals surface area contributed by atoms with E-state index < -0.39 is 0 Å². The highest BCUT2D eigenvalue weighted by atomic mass is 32.1. The fourth-order valence-electron chi connectivity index (χ4n) is 1.97. The van der Waals surface area contributed by atoms with Gasteiger partial charge in [0.15, 0.2) is 5.13 Å². The Bertz CT molecular complexity index is 605. The van der Waals surface area contributed by atoms with Crippen molar-refractivity contribution in [2.45, 2.75) is 34.1 Å². The van der Waals surface area contributed by atoms with Crippen molar-refractivity contribution in [3.05, 3.63) is 33.6 Å². The summed E-state index contributed by atoms with van der Waals surface area (Å²) in [5.41, 5.74) is 4.36. The Kier molecular flexibility index (Phi) is 3.75. The van der Waals surface area contributed by atoms with Gasteiger partial charge in [-0.25, -0.2) is 4.98 Å². The van der Waals surface area contributed by atoms with Gasteiger partial charge < -0.3 is 9.88 Å². The third-order valence-electron chi connectivity index (χ3n) is 3.51. The summed E-state index contributed by atoms with van der Waals surface area (Å²) in [6.45, 7) is 8.04. The molecular weight excluding hydrogens is 258 g/mol. The maximum Gasteiger partial charge on any atom is 0.230 e. The van der Waals surface area contributed by atoms with Crippen molar-refractivity contribution in [1.82, 2.24) is 9.55 Å². The third kappa shape index (κ3) is 2.87. The summed E-state index contributed by atoms with van der Waals surface area (Å²) < 4.78 is 2.10. The zero-order valence-electron chi connectivity index (χ0n) is 12.0. The zero-order valence-corrected chi connectivity index (χ0v) is 12.8. The molecule has 2 heterocycles. The smallest absolute Gasteiger partial charge is 0.230 e. The number of carbonyl (C=O) groups is 1. The second-order valence-corrected chi connectivity index (χ2v) is 6.04. The highest BCUT2D eigenvalue weighted by molar-refractivity contribution is 7.15. The number of rotatable bonds is 3. The standard InChI is InChI=1S/C14H19N3OS/c1-8-6-12(10(3)17(8)5)7-13(18)16-14-15-9(2)11(4)19-14/h6H,7H2,1-5H3,(H,15,16,18).